The van der Waals surface area contributed by atoms with Crippen molar-refractivity contribution in [1.82, 2.24) is 4.57 Å². The molecule has 1 aliphatic rings. The van der Waals surface area contributed by atoms with E-state index in [9.17, 15) is 14.4 Å². The minimum absolute atomic E-state index is 0.189. The van der Waals surface area contributed by atoms with Gasteiger partial charge in [-0.1, -0.05) is 47.2 Å². The van der Waals surface area contributed by atoms with Gasteiger partial charge in [0.05, 0.1) is 28.5 Å². The average molecular weight is 497 g/mol. The summed E-state index contributed by atoms with van der Waals surface area (Å²) in [6, 6.07) is 13.1. The highest BCUT2D eigenvalue weighted by atomic mass is 35.5. The van der Waals surface area contributed by atoms with Crippen molar-refractivity contribution in [1.29, 1.82) is 0 Å². The quantitative estimate of drug-likeness (QED) is 0.399. The van der Waals surface area contributed by atoms with E-state index < -0.39 is 18.0 Å². The minimum atomic E-state index is -0.742. The molecular formula is C25H21ClN2O5S. The summed E-state index contributed by atoms with van der Waals surface area (Å²) in [6.45, 7) is 4.95. The Morgan fingerprint density at radius 1 is 1.15 bits per heavy atom. The highest BCUT2D eigenvalue weighted by molar-refractivity contribution is 7.07. The summed E-state index contributed by atoms with van der Waals surface area (Å²) < 4.78 is 12.4. The van der Waals surface area contributed by atoms with Crippen LogP contribution in [0.3, 0.4) is 0 Å². The first-order valence-electron chi connectivity index (χ1n) is 10.5. The highest BCUT2D eigenvalue weighted by Crippen LogP contribution is 2.31. The number of carbonyl (C=O) groups excluding carboxylic acids is 2. The molecule has 0 unspecified atom stereocenters. The van der Waals surface area contributed by atoms with Gasteiger partial charge in [-0.3, -0.25) is 14.2 Å². The molecule has 0 aliphatic carbocycles. The van der Waals surface area contributed by atoms with Gasteiger partial charge in [-0.15, -0.1) is 0 Å². The molecule has 7 nitrogen and oxygen atoms in total. The molecule has 0 radical (unpaired) electrons. The summed E-state index contributed by atoms with van der Waals surface area (Å²) in [5, 5.41) is 0.602. The number of ether oxygens (including phenoxy) is 2. The Morgan fingerprint density at radius 2 is 1.82 bits per heavy atom. The van der Waals surface area contributed by atoms with Crippen LogP contribution in [0.2, 0.25) is 5.02 Å². The normalized spacial score (nSPS) is 15.5. The maximum Gasteiger partial charge on any atom is 0.338 e. The largest absolute Gasteiger partial charge is 0.463 e. The first-order valence-corrected chi connectivity index (χ1v) is 11.7. The SMILES string of the molecule is CCOC(=O)C1=C(C)N=c2s/c(=C/c3ccc(Cl)cc3)c(=O)n2[C@@H]1c1ccc(OC(C)=O)cc1. The van der Waals surface area contributed by atoms with E-state index in [1.807, 2.05) is 12.1 Å². The third-order valence-electron chi connectivity index (χ3n) is 5.14. The lowest BCUT2D eigenvalue weighted by Crippen LogP contribution is -2.39. The maximum absolute atomic E-state index is 13.5. The lowest BCUT2D eigenvalue weighted by atomic mass is 9.96. The number of allylic oxidation sites excluding steroid dienone is 1. The zero-order chi connectivity index (χ0) is 24.4. The van der Waals surface area contributed by atoms with Gasteiger partial charge in [0.15, 0.2) is 4.80 Å². The molecule has 0 saturated carbocycles. The van der Waals surface area contributed by atoms with Gasteiger partial charge in [-0.2, -0.15) is 0 Å². The number of carbonyl (C=O) groups is 2. The van der Waals surface area contributed by atoms with E-state index in [1.54, 1.807) is 56.3 Å². The molecule has 174 valence electrons. The van der Waals surface area contributed by atoms with Crippen molar-refractivity contribution in [3.63, 3.8) is 0 Å². The van der Waals surface area contributed by atoms with Crippen molar-refractivity contribution in [3.05, 3.63) is 95.6 Å². The number of rotatable bonds is 5. The van der Waals surface area contributed by atoms with Crippen molar-refractivity contribution in [2.75, 3.05) is 6.61 Å². The Bertz CT molecular complexity index is 1470. The Morgan fingerprint density at radius 3 is 2.44 bits per heavy atom. The third kappa shape index (κ3) is 4.73. The van der Waals surface area contributed by atoms with E-state index in [4.69, 9.17) is 21.1 Å². The summed E-state index contributed by atoms with van der Waals surface area (Å²) in [7, 11) is 0. The molecule has 2 heterocycles. The number of thiazole rings is 1. The summed E-state index contributed by atoms with van der Waals surface area (Å²) in [5.41, 5.74) is 1.96. The molecule has 2 aromatic carbocycles. The molecule has 0 spiro atoms. The second-order valence-corrected chi connectivity index (χ2v) is 8.96. The Hall–Kier alpha value is -3.49. The van der Waals surface area contributed by atoms with Crippen LogP contribution in [0.1, 0.15) is 37.9 Å². The third-order valence-corrected chi connectivity index (χ3v) is 6.38. The summed E-state index contributed by atoms with van der Waals surface area (Å²) in [6.07, 6.45) is 1.77. The van der Waals surface area contributed by atoms with Crippen LogP contribution < -0.4 is 19.6 Å². The molecule has 34 heavy (non-hydrogen) atoms. The van der Waals surface area contributed by atoms with Crippen LogP contribution in [0.15, 0.2) is 69.6 Å². The Labute approximate surface area is 204 Å². The molecule has 0 amide bonds. The van der Waals surface area contributed by atoms with E-state index in [0.717, 1.165) is 5.56 Å². The molecule has 0 fully saturated rings. The molecular weight excluding hydrogens is 476 g/mol. The molecule has 0 N–H and O–H groups in total. The van der Waals surface area contributed by atoms with Crippen molar-refractivity contribution in [3.8, 4) is 5.75 Å². The van der Waals surface area contributed by atoms with Gasteiger partial charge in [0.1, 0.15) is 5.75 Å². The standard InChI is InChI=1S/C25H21ClN2O5S/c1-4-32-24(31)21-14(2)27-25-28(22(21)17-7-11-19(12-8-17)33-15(3)29)23(30)20(34-25)13-16-5-9-18(26)10-6-16/h5-13,22H,4H2,1-3H3/b20-13+/t22-/m1/s1. The van der Waals surface area contributed by atoms with E-state index in [2.05, 4.69) is 4.99 Å². The molecule has 9 heteroatoms. The fraction of sp³-hybridized carbons (Fsp3) is 0.200. The Balaban J connectivity index is 1.89. The van der Waals surface area contributed by atoms with Crippen LogP contribution in [-0.4, -0.2) is 23.1 Å². The van der Waals surface area contributed by atoms with Gasteiger partial charge in [0, 0.05) is 11.9 Å². The number of nitrogens with zero attached hydrogens (tertiary/aromatic N) is 2. The average Bonchev–Trinajstić information content (AvgIpc) is 3.09. The van der Waals surface area contributed by atoms with Crippen LogP contribution in [-0.2, 0) is 14.3 Å². The number of halogens is 1. The van der Waals surface area contributed by atoms with Gasteiger partial charge in [0.2, 0.25) is 0 Å². The molecule has 1 aliphatic heterocycles. The predicted octanol–water partition coefficient (Wildman–Crippen LogP) is 3.38. The van der Waals surface area contributed by atoms with Crippen LogP contribution in [0, 0.1) is 0 Å². The van der Waals surface area contributed by atoms with Crippen LogP contribution >= 0.6 is 22.9 Å². The number of hydrogen-bond donors (Lipinski definition) is 0. The maximum atomic E-state index is 13.5. The molecule has 0 bridgehead atoms. The smallest absolute Gasteiger partial charge is 0.338 e. The molecule has 0 saturated heterocycles. The first kappa shape index (κ1) is 23.7. The lowest BCUT2D eigenvalue weighted by Gasteiger charge is -2.24. The summed E-state index contributed by atoms with van der Waals surface area (Å²) in [4.78, 5) is 42.7. The van der Waals surface area contributed by atoms with Crippen LogP contribution in [0.4, 0.5) is 0 Å². The van der Waals surface area contributed by atoms with Crippen molar-refractivity contribution >= 4 is 41.0 Å². The second-order valence-electron chi connectivity index (χ2n) is 7.52. The zero-order valence-electron chi connectivity index (χ0n) is 18.7. The molecule has 4 rings (SSSR count). The highest BCUT2D eigenvalue weighted by Gasteiger charge is 2.33. The van der Waals surface area contributed by atoms with E-state index in [1.165, 1.54) is 22.8 Å². The van der Waals surface area contributed by atoms with Crippen molar-refractivity contribution in [2.45, 2.75) is 26.8 Å². The number of aromatic nitrogens is 1. The molecule has 1 atom stereocenters. The van der Waals surface area contributed by atoms with Gasteiger partial charge in [0.25, 0.3) is 5.56 Å². The van der Waals surface area contributed by atoms with Crippen LogP contribution in [0.5, 0.6) is 5.75 Å². The first-order chi connectivity index (χ1) is 16.3. The molecule has 3 aromatic rings. The summed E-state index contributed by atoms with van der Waals surface area (Å²) in [5.74, 6) is -0.611. The number of esters is 2. The second kappa shape index (κ2) is 9.79. The van der Waals surface area contributed by atoms with Crippen LogP contribution in [0.25, 0.3) is 6.08 Å². The van der Waals surface area contributed by atoms with E-state index >= 15 is 0 Å². The van der Waals surface area contributed by atoms with Gasteiger partial charge in [-0.05, 0) is 55.3 Å². The van der Waals surface area contributed by atoms with Gasteiger partial charge < -0.3 is 9.47 Å². The number of hydrogen-bond acceptors (Lipinski definition) is 7. The fourth-order valence-corrected chi connectivity index (χ4v) is 4.87. The fourth-order valence-electron chi connectivity index (χ4n) is 3.70. The van der Waals surface area contributed by atoms with Crippen molar-refractivity contribution in [2.24, 2.45) is 4.99 Å². The predicted molar refractivity (Wildman–Crippen MR) is 130 cm³/mol. The van der Waals surface area contributed by atoms with Gasteiger partial charge >= 0.3 is 11.9 Å². The van der Waals surface area contributed by atoms with Crippen molar-refractivity contribution < 1.29 is 19.1 Å². The van der Waals surface area contributed by atoms with E-state index in [0.29, 0.717) is 31.4 Å². The van der Waals surface area contributed by atoms with E-state index in [-0.39, 0.29) is 17.7 Å². The summed E-state index contributed by atoms with van der Waals surface area (Å²) >= 11 is 7.21. The topological polar surface area (TPSA) is 87.0 Å². The molecule has 1 aromatic heterocycles. The van der Waals surface area contributed by atoms with Gasteiger partial charge in [-0.25, -0.2) is 9.79 Å². The monoisotopic (exact) mass is 496 g/mol. The lowest BCUT2D eigenvalue weighted by molar-refractivity contribution is -0.139. The number of fused-ring (bicyclic) bond motifs is 1. The minimum Gasteiger partial charge on any atom is -0.463 e. The zero-order valence-corrected chi connectivity index (χ0v) is 20.3. The number of benzene rings is 2. The Kier molecular flexibility index (Phi) is 6.81.